The van der Waals surface area contributed by atoms with Crippen LogP contribution in [-0.2, 0) is 9.59 Å². The molecule has 1 amide bonds. The number of rotatable bonds is 7. The molecule has 0 fully saturated rings. The summed E-state index contributed by atoms with van der Waals surface area (Å²) in [6.45, 7) is 6.94. The summed E-state index contributed by atoms with van der Waals surface area (Å²) in [5, 5.41) is 12.0. The van der Waals surface area contributed by atoms with Crippen molar-refractivity contribution in [3.8, 4) is 5.75 Å². The van der Waals surface area contributed by atoms with Gasteiger partial charge in [-0.25, -0.2) is 0 Å². The van der Waals surface area contributed by atoms with E-state index >= 15 is 0 Å². The largest absolute Gasteiger partial charge is 0.482 e. The van der Waals surface area contributed by atoms with Gasteiger partial charge in [-0.2, -0.15) is 0 Å². The van der Waals surface area contributed by atoms with Crippen molar-refractivity contribution < 1.29 is 19.4 Å². The Morgan fingerprint density at radius 3 is 2.78 bits per heavy atom. The van der Waals surface area contributed by atoms with Crippen LogP contribution in [0.25, 0.3) is 0 Å². The Balaban J connectivity index is 2.14. The number of nitrogens with one attached hydrogen (secondary N) is 1. The molecule has 1 atom stereocenters. The number of carbonyl (C=O) groups excluding carboxylic acids is 1. The van der Waals surface area contributed by atoms with Gasteiger partial charge in [-0.3, -0.25) is 9.59 Å². The van der Waals surface area contributed by atoms with E-state index in [4.69, 9.17) is 9.84 Å². The number of carbonyl (C=O) groups is 2. The minimum absolute atomic E-state index is 0.0470. The molecule has 0 aliphatic carbocycles. The summed E-state index contributed by atoms with van der Waals surface area (Å²) in [6.07, 6.45) is 0.916. The van der Waals surface area contributed by atoms with Gasteiger partial charge >= 0.3 is 5.97 Å². The second-order valence-electron chi connectivity index (χ2n) is 6.32. The maximum absolute atomic E-state index is 12.1. The Labute approximate surface area is 136 Å². The summed E-state index contributed by atoms with van der Waals surface area (Å²) in [5.41, 5.74) is 1.53. The Kier molecular flexibility index (Phi) is 5.47. The zero-order valence-electron chi connectivity index (χ0n) is 13.8. The van der Waals surface area contributed by atoms with Crippen LogP contribution < -0.4 is 15.0 Å². The summed E-state index contributed by atoms with van der Waals surface area (Å²) in [6, 6.07) is 5.50. The number of fused-ring (bicyclic) bond motifs is 1. The van der Waals surface area contributed by atoms with E-state index in [1.165, 1.54) is 0 Å². The van der Waals surface area contributed by atoms with E-state index in [2.05, 4.69) is 19.2 Å². The summed E-state index contributed by atoms with van der Waals surface area (Å²) >= 11 is 0. The van der Waals surface area contributed by atoms with Crippen LogP contribution >= 0.6 is 0 Å². The van der Waals surface area contributed by atoms with Crippen molar-refractivity contribution in [1.29, 1.82) is 0 Å². The number of carboxylic acid groups (broad SMARTS) is 1. The maximum Gasteiger partial charge on any atom is 0.308 e. The molecule has 1 heterocycles. The lowest BCUT2D eigenvalue weighted by Crippen LogP contribution is -2.39. The third-order valence-corrected chi connectivity index (χ3v) is 3.87. The van der Waals surface area contributed by atoms with Crippen molar-refractivity contribution >= 4 is 23.3 Å². The molecule has 2 N–H and O–H groups in total. The number of carboxylic acids is 1. The number of hydrogen-bond acceptors (Lipinski definition) is 4. The van der Waals surface area contributed by atoms with Gasteiger partial charge in [0.25, 0.3) is 5.91 Å². The molecule has 6 heteroatoms. The Bertz CT molecular complexity index is 586. The highest BCUT2D eigenvalue weighted by Gasteiger charge is 2.25. The molecular formula is C17H24N2O4. The van der Waals surface area contributed by atoms with Crippen LogP contribution in [0.4, 0.5) is 11.4 Å². The van der Waals surface area contributed by atoms with E-state index in [9.17, 15) is 9.59 Å². The van der Waals surface area contributed by atoms with Gasteiger partial charge in [0.05, 0.1) is 11.6 Å². The molecule has 0 saturated heterocycles. The lowest BCUT2D eigenvalue weighted by Gasteiger charge is -2.30. The summed E-state index contributed by atoms with van der Waals surface area (Å²) in [7, 11) is 0. The molecular weight excluding hydrogens is 296 g/mol. The molecule has 0 radical (unpaired) electrons. The monoisotopic (exact) mass is 320 g/mol. The molecule has 1 unspecified atom stereocenters. The molecule has 6 nitrogen and oxygen atoms in total. The molecule has 1 aliphatic heterocycles. The topological polar surface area (TPSA) is 78.9 Å². The second kappa shape index (κ2) is 7.35. The number of hydrogen-bond donors (Lipinski definition) is 2. The van der Waals surface area contributed by atoms with Gasteiger partial charge in [-0.1, -0.05) is 20.8 Å². The summed E-state index contributed by atoms with van der Waals surface area (Å²) in [4.78, 5) is 24.8. The van der Waals surface area contributed by atoms with Gasteiger partial charge in [0, 0.05) is 18.8 Å². The first-order valence-electron chi connectivity index (χ1n) is 7.92. The first kappa shape index (κ1) is 17.1. The van der Waals surface area contributed by atoms with E-state index in [-0.39, 0.29) is 12.5 Å². The number of ether oxygens (including phenoxy) is 1. The predicted octanol–water partition coefficient (Wildman–Crippen LogP) is 2.59. The zero-order valence-corrected chi connectivity index (χ0v) is 13.8. The number of nitrogens with zero attached hydrogens (tertiary/aromatic N) is 1. The molecule has 2 rings (SSSR count). The zero-order chi connectivity index (χ0) is 17.0. The molecule has 0 spiro atoms. The minimum atomic E-state index is -0.840. The van der Waals surface area contributed by atoms with Gasteiger partial charge in [-0.15, -0.1) is 0 Å². The Morgan fingerprint density at radius 1 is 1.39 bits per heavy atom. The van der Waals surface area contributed by atoms with E-state index in [0.717, 1.165) is 17.8 Å². The highest BCUT2D eigenvalue weighted by molar-refractivity contribution is 5.98. The van der Waals surface area contributed by atoms with E-state index < -0.39 is 11.9 Å². The van der Waals surface area contributed by atoms with Crippen LogP contribution in [0.5, 0.6) is 5.75 Å². The van der Waals surface area contributed by atoms with Gasteiger partial charge in [0.2, 0.25) is 0 Å². The molecule has 0 bridgehead atoms. The number of benzene rings is 1. The summed E-state index contributed by atoms with van der Waals surface area (Å²) in [5.74, 6) is -0.181. The third kappa shape index (κ3) is 4.37. The van der Waals surface area contributed by atoms with Crippen molar-refractivity contribution in [1.82, 2.24) is 0 Å². The summed E-state index contributed by atoms with van der Waals surface area (Å²) < 4.78 is 5.48. The van der Waals surface area contributed by atoms with Crippen LogP contribution in [0.15, 0.2) is 18.2 Å². The number of anilines is 2. The predicted molar refractivity (Wildman–Crippen MR) is 89.0 cm³/mol. The molecule has 0 aromatic heterocycles. The molecule has 1 aromatic rings. The normalized spacial score (nSPS) is 15.1. The van der Waals surface area contributed by atoms with Gasteiger partial charge < -0.3 is 20.1 Å². The third-order valence-electron chi connectivity index (χ3n) is 3.87. The van der Waals surface area contributed by atoms with E-state index in [0.29, 0.717) is 24.8 Å². The van der Waals surface area contributed by atoms with E-state index in [1.807, 2.05) is 18.2 Å². The standard InChI is InChI=1S/C17H24N2O4/c1-11(2)6-7-19-14-8-13(18-9-12(3)17(21)22)4-5-15(14)23-10-16(19)20/h4-5,8,11-12,18H,6-7,9-10H2,1-3H3,(H,21,22). The van der Waals surface area contributed by atoms with Crippen LogP contribution in [0, 0.1) is 11.8 Å². The minimum Gasteiger partial charge on any atom is -0.482 e. The molecule has 0 saturated carbocycles. The number of amides is 1. The lowest BCUT2D eigenvalue weighted by molar-refractivity contribution is -0.140. The van der Waals surface area contributed by atoms with E-state index in [1.54, 1.807) is 11.8 Å². The SMILES string of the molecule is CC(C)CCN1C(=O)COc2ccc(NCC(C)C(=O)O)cc21. The maximum atomic E-state index is 12.1. The highest BCUT2D eigenvalue weighted by Crippen LogP contribution is 2.35. The average Bonchev–Trinajstić information content (AvgIpc) is 2.51. The molecule has 1 aliphatic rings. The van der Waals surface area contributed by atoms with Crippen molar-refractivity contribution in [2.75, 3.05) is 29.9 Å². The Hall–Kier alpha value is -2.24. The molecule has 23 heavy (non-hydrogen) atoms. The van der Waals surface area contributed by atoms with Crippen LogP contribution in [0.3, 0.4) is 0 Å². The fraction of sp³-hybridized carbons (Fsp3) is 0.529. The van der Waals surface area contributed by atoms with Gasteiger partial charge in [0.15, 0.2) is 6.61 Å². The van der Waals surface area contributed by atoms with Crippen molar-refractivity contribution in [3.05, 3.63) is 18.2 Å². The average molecular weight is 320 g/mol. The fourth-order valence-corrected chi connectivity index (χ4v) is 2.30. The molecule has 126 valence electrons. The fourth-order valence-electron chi connectivity index (χ4n) is 2.30. The quantitative estimate of drug-likeness (QED) is 0.807. The Morgan fingerprint density at radius 2 is 2.13 bits per heavy atom. The van der Waals surface area contributed by atoms with Crippen LogP contribution in [-0.4, -0.2) is 36.7 Å². The first-order chi connectivity index (χ1) is 10.9. The number of aliphatic carboxylic acids is 1. The lowest BCUT2D eigenvalue weighted by atomic mass is 10.1. The van der Waals surface area contributed by atoms with Crippen molar-refractivity contribution in [2.45, 2.75) is 27.2 Å². The first-order valence-corrected chi connectivity index (χ1v) is 7.92. The van der Waals surface area contributed by atoms with Crippen LogP contribution in [0.1, 0.15) is 27.2 Å². The van der Waals surface area contributed by atoms with Gasteiger partial charge in [-0.05, 0) is 30.5 Å². The van der Waals surface area contributed by atoms with Crippen molar-refractivity contribution in [3.63, 3.8) is 0 Å². The molecule has 1 aromatic carbocycles. The van der Waals surface area contributed by atoms with Crippen molar-refractivity contribution in [2.24, 2.45) is 11.8 Å². The van der Waals surface area contributed by atoms with Gasteiger partial charge in [0.1, 0.15) is 5.75 Å². The highest BCUT2D eigenvalue weighted by atomic mass is 16.5. The second-order valence-corrected chi connectivity index (χ2v) is 6.32. The van der Waals surface area contributed by atoms with Crippen LogP contribution in [0.2, 0.25) is 0 Å². The smallest absolute Gasteiger partial charge is 0.308 e.